The van der Waals surface area contributed by atoms with Crippen molar-refractivity contribution < 1.29 is 4.79 Å². The van der Waals surface area contributed by atoms with Gasteiger partial charge in [0, 0.05) is 30.7 Å². The number of thiophene rings is 1. The van der Waals surface area contributed by atoms with E-state index in [1.54, 1.807) is 17.5 Å². The highest BCUT2D eigenvalue weighted by Crippen LogP contribution is 2.21. The second kappa shape index (κ2) is 4.94. The number of rotatable bonds is 4. The summed E-state index contributed by atoms with van der Waals surface area (Å²) in [6.45, 7) is 2.09. The molecule has 0 bridgehead atoms. The van der Waals surface area contributed by atoms with E-state index in [0.29, 0.717) is 6.54 Å². The van der Waals surface area contributed by atoms with Gasteiger partial charge in [0.25, 0.3) is 0 Å². The summed E-state index contributed by atoms with van der Waals surface area (Å²) < 4.78 is 1.86. The molecule has 2 rings (SSSR count). The van der Waals surface area contributed by atoms with Crippen molar-refractivity contribution in [1.82, 2.24) is 15.1 Å². The van der Waals surface area contributed by atoms with E-state index < -0.39 is 0 Å². The first-order chi connectivity index (χ1) is 7.77. The quantitative estimate of drug-likeness (QED) is 0.876. The molecule has 84 valence electrons. The number of nitrogens with zero attached hydrogens (tertiary/aromatic N) is 2. The SMILES string of the molecule is CC(=O)NCC(c1cccs1)n1cccn1. The Morgan fingerprint density at radius 2 is 2.50 bits per heavy atom. The Balaban J connectivity index is 2.17. The summed E-state index contributed by atoms with van der Waals surface area (Å²) in [5.41, 5.74) is 0. The Kier molecular flexibility index (Phi) is 3.36. The molecule has 0 aliphatic carbocycles. The molecule has 0 radical (unpaired) electrons. The molecule has 0 fully saturated rings. The van der Waals surface area contributed by atoms with E-state index in [4.69, 9.17) is 0 Å². The van der Waals surface area contributed by atoms with Crippen molar-refractivity contribution in [3.8, 4) is 0 Å². The molecule has 0 aliphatic rings. The third-order valence-corrected chi connectivity index (χ3v) is 3.23. The minimum Gasteiger partial charge on any atom is -0.354 e. The van der Waals surface area contributed by atoms with Crippen LogP contribution in [0.3, 0.4) is 0 Å². The fourth-order valence-corrected chi connectivity index (χ4v) is 2.33. The van der Waals surface area contributed by atoms with E-state index in [9.17, 15) is 4.79 Å². The molecule has 4 nitrogen and oxygen atoms in total. The standard InChI is InChI=1S/C11H13N3OS/c1-9(15)12-8-10(11-4-2-7-16-11)14-6-3-5-13-14/h2-7,10H,8H2,1H3,(H,12,15). The molecule has 0 saturated heterocycles. The van der Waals surface area contributed by atoms with Crippen molar-refractivity contribution in [1.29, 1.82) is 0 Å². The normalized spacial score (nSPS) is 12.3. The summed E-state index contributed by atoms with van der Waals surface area (Å²) in [7, 11) is 0. The Bertz CT molecular complexity index is 402. The molecule has 1 atom stereocenters. The number of amides is 1. The molecular weight excluding hydrogens is 222 g/mol. The van der Waals surface area contributed by atoms with Crippen LogP contribution in [0.25, 0.3) is 0 Å². The van der Waals surface area contributed by atoms with Crippen molar-refractivity contribution in [2.45, 2.75) is 13.0 Å². The van der Waals surface area contributed by atoms with Crippen molar-refractivity contribution in [2.24, 2.45) is 0 Å². The Morgan fingerprint density at radius 3 is 3.06 bits per heavy atom. The van der Waals surface area contributed by atoms with Crippen LogP contribution >= 0.6 is 11.3 Å². The van der Waals surface area contributed by atoms with Gasteiger partial charge in [0.1, 0.15) is 6.04 Å². The topological polar surface area (TPSA) is 46.9 Å². The minimum absolute atomic E-state index is 0.0197. The number of nitrogens with one attached hydrogen (secondary N) is 1. The van der Waals surface area contributed by atoms with Crippen LogP contribution in [0, 0.1) is 0 Å². The zero-order valence-corrected chi connectivity index (χ0v) is 9.78. The lowest BCUT2D eigenvalue weighted by Crippen LogP contribution is -2.29. The highest BCUT2D eigenvalue weighted by molar-refractivity contribution is 7.10. The van der Waals surface area contributed by atoms with Gasteiger partial charge in [-0.2, -0.15) is 5.10 Å². The van der Waals surface area contributed by atoms with Crippen molar-refractivity contribution in [3.05, 3.63) is 40.8 Å². The van der Waals surface area contributed by atoms with Crippen molar-refractivity contribution >= 4 is 17.2 Å². The molecule has 5 heteroatoms. The number of hydrogen-bond donors (Lipinski definition) is 1. The smallest absolute Gasteiger partial charge is 0.216 e. The Labute approximate surface area is 97.9 Å². The minimum atomic E-state index is -0.0197. The third kappa shape index (κ3) is 2.49. The Morgan fingerprint density at radius 1 is 1.62 bits per heavy atom. The maximum absolute atomic E-state index is 10.9. The molecule has 1 amide bonds. The summed E-state index contributed by atoms with van der Waals surface area (Å²) in [4.78, 5) is 12.1. The van der Waals surface area contributed by atoms with Gasteiger partial charge in [0.05, 0.1) is 0 Å². The van der Waals surface area contributed by atoms with Crippen LogP contribution in [-0.2, 0) is 4.79 Å². The van der Waals surface area contributed by atoms with E-state index in [-0.39, 0.29) is 11.9 Å². The average molecular weight is 235 g/mol. The monoisotopic (exact) mass is 235 g/mol. The molecule has 0 aliphatic heterocycles. The maximum Gasteiger partial charge on any atom is 0.216 e. The lowest BCUT2D eigenvalue weighted by Gasteiger charge is -2.16. The fraction of sp³-hybridized carbons (Fsp3) is 0.273. The molecule has 2 aromatic heterocycles. The summed E-state index contributed by atoms with van der Waals surface area (Å²) in [6.07, 6.45) is 3.65. The van der Waals surface area contributed by atoms with Gasteiger partial charge in [0.2, 0.25) is 5.91 Å². The van der Waals surface area contributed by atoms with Gasteiger partial charge in [-0.05, 0) is 17.5 Å². The lowest BCUT2D eigenvalue weighted by molar-refractivity contribution is -0.119. The summed E-state index contributed by atoms with van der Waals surface area (Å²) in [5.74, 6) is -0.0197. The molecule has 16 heavy (non-hydrogen) atoms. The molecule has 1 N–H and O–H groups in total. The van der Waals surface area contributed by atoms with Crippen LogP contribution < -0.4 is 5.32 Å². The predicted octanol–water partition coefficient (Wildman–Crippen LogP) is 1.67. The maximum atomic E-state index is 10.9. The van der Waals surface area contributed by atoms with E-state index in [2.05, 4.69) is 16.5 Å². The van der Waals surface area contributed by atoms with E-state index in [1.807, 2.05) is 28.4 Å². The van der Waals surface area contributed by atoms with Gasteiger partial charge in [-0.25, -0.2) is 0 Å². The molecule has 1 unspecified atom stereocenters. The first-order valence-corrected chi connectivity index (χ1v) is 5.92. The molecule has 0 saturated carbocycles. The van der Waals surface area contributed by atoms with Gasteiger partial charge in [-0.1, -0.05) is 6.07 Å². The van der Waals surface area contributed by atoms with Crippen LogP contribution in [0.1, 0.15) is 17.8 Å². The first kappa shape index (κ1) is 10.9. The van der Waals surface area contributed by atoms with Gasteiger partial charge >= 0.3 is 0 Å². The van der Waals surface area contributed by atoms with Gasteiger partial charge in [0.15, 0.2) is 0 Å². The highest BCUT2D eigenvalue weighted by Gasteiger charge is 2.14. The van der Waals surface area contributed by atoms with E-state index in [0.717, 1.165) is 0 Å². The van der Waals surface area contributed by atoms with Crippen molar-refractivity contribution in [3.63, 3.8) is 0 Å². The molecule has 2 heterocycles. The zero-order valence-electron chi connectivity index (χ0n) is 8.96. The van der Waals surface area contributed by atoms with Crippen molar-refractivity contribution in [2.75, 3.05) is 6.54 Å². The Hall–Kier alpha value is -1.62. The number of hydrogen-bond acceptors (Lipinski definition) is 3. The average Bonchev–Trinajstić information content (AvgIpc) is 2.88. The van der Waals surface area contributed by atoms with Crippen LogP contribution in [0.2, 0.25) is 0 Å². The molecule has 0 spiro atoms. The molecule has 0 aromatic carbocycles. The molecule has 2 aromatic rings. The first-order valence-electron chi connectivity index (χ1n) is 5.04. The fourth-order valence-electron chi connectivity index (χ4n) is 1.51. The zero-order chi connectivity index (χ0) is 11.4. The van der Waals surface area contributed by atoms with Crippen LogP contribution in [0.4, 0.5) is 0 Å². The number of carbonyl (C=O) groups is 1. The second-order valence-electron chi connectivity index (χ2n) is 3.45. The number of carbonyl (C=O) groups excluding carboxylic acids is 1. The van der Waals surface area contributed by atoms with Crippen LogP contribution in [0.5, 0.6) is 0 Å². The predicted molar refractivity (Wildman–Crippen MR) is 63.4 cm³/mol. The van der Waals surface area contributed by atoms with Gasteiger partial charge < -0.3 is 5.32 Å². The highest BCUT2D eigenvalue weighted by atomic mass is 32.1. The third-order valence-electron chi connectivity index (χ3n) is 2.26. The second-order valence-corrected chi connectivity index (χ2v) is 4.43. The molecular formula is C11H13N3OS. The van der Waals surface area contributed by atoms with E-state index in [1.165, 1.54) is 11.8 Å². The largest absolute Gasteiger partial charge is 0.354 e. The van der Waals surface area contributed by atoms with Crippen LogP contribution in [0.15, 0.2) is 36.0 Å². The van der Waals surface area contributed by atoms with Gasteiger partial charge in [-0.3, -0.25) is 9.48 Å². The summed E-state index contributed by atoms with van der Waals surface area (Å²) in [6, 6.07) is 6.02. The summed E-state index contributed by atoms with van der Waals surface area (Å²) >= 11 is 1.67. The van der Waals surface area contributed by atoms with E-state index >= 15 is 0 Å². The summed E-state index contributed by atoms with van der Waals surface area (Å²) in [5, 5.41) is 9.08. The van der Waals surface area contributed by atoms with Gasteiger partial charge in [-0.15, -0.1) is 11.3 Å². The lowest BCUT2D eigenvalue weighted by atomic mass is 10.2. The number of aromatic nitrogens is 2. The van der Waals surface area contributed by atoms with Crippen LogP contribution in [-0.4, -0.2) is 22.2 Å².